The maximum Gasteiger partial charge on any atom is 0.206 e. The van der Waals surface area contributed by atoms with Crippen molar-refractivity contribution >= 4 is 6.08 Å². The van der Waals surface area contributed by atoms with Gasteiger partial charge in [0.05, 0.1) is 14.2 Å². The third-order valence-electron chi connectivity index (χ3n) is 3.12. The van der Waals surface area contributed by atoms with E-state index in [0.717, 1.165) is 5.56 Å². The molecule has 0 heterocycles. The van der Waals surface area contributed by atoms with Gasteiger partial charge in [0, 0.05) is 5.56 Å². The first-order chi connectivity index (χ1) is 10.2. The van der Waals surface area contributed by atoms with Gasteiger partial charge in [-0.3, -0.25) is 0 Å². The molecule has 0 amide bonds. The first-order valence-corrected chi connectivity index (χ1v) is 6.54. The third-order valence-corrected chi connectivity index (χ3v) is 3.12. The van der Waals surface area contributed by atoms with Gasteiger partial charge in [0.25, 0.3) is 0 Å². The Morgan fingerprint density at radius 1 is 1.00 bits per heavy atom. The Kier molecular flexibility index (Phi) is 4.72. The molecule has 0 aromatic heterocycles. The van der Waals surface area contributed by atoms with Crippen molar-refractivity contribution in [3.63, 3.8) is 0 Å². The second kappa shape index (κ2) is 6.70. The van der Waals surface area contributed by atoms with Gasteiger partial charge in [-0.05, 0) is 18.1 Å². The molecule has 2 N–H and O–H groups in total. The summed E-state index contributed by atoms with van der Waals surface area (Å²) in [7, 11) is 2.85. The summed E-state index contributed by atoms with van der Waals surface area (Å²) < 4.78 is 10.2. The molecule has 0 aliphatic carbocycles. The largest absolute Gasteiger partial charge is 0.504 e. The van der Waals surface area contributed by atoms with Crippen LogP contribution in [0.25, 0.3) is 6.08 Å². The number of rotatable bonds is 5. The van der Waals surface area contributed by atoms with Crippen molar-refractivity contribution < 1.29 is 19.7 Å². The minimum atomic E-state index is -0.192. The number of allylic oxidation sites excluding steroid dienone is 1. The molecule has 0 saturated carbocycles. The second-order valence-corrected chi connectivity index (χ2v) is 4.49. The van der Waals surface area contributed by atoms with Crippen LogP contribution in [0.5, 0.6) is 23.0 Å². The zero-order valence-corrected chi connectivity index (χ0v) is 12.0. The fourth-order valence-corrected chi connectivity index (χ4v) is 2.14. The fraction of sp³-hybridized carbons (Fsp3) is 0.176. The summed E-state index contributed by atoms with van der Waals surface area (Å²) in [5.74, 6) is 0.0204. The molecule has 4 heteroatoms. The standard InChI is InChI=1S/C17H18O4/c1-20-16-13(11-14(18)17(21-2)15(16)19)10-6-9-12-7-4-3-5-8-12/h3-9,11,18-19H,10H2,1-2H3/b9-6+. The number of aromatic hydroxyl groups is 2. The van der Waals surface area contributed by atoms with Crippen molar-refractivity contribution in [1.29, 1.82) is 0 Å². The highest BCUT2D eigenvalue weighted by atomic mass is 16.5. The highest BCUT2D eigenvalue weighted by molar-refractivity contribution is 5.62. The van der Waals surface area contributed by atoms with Crippen LogP contribution in [0, 0.1) is 0 Å². The molecule has 2 aromatic rings. The van der Waals surface area contributed by atoms with Crippen molar-refractivity contribution in [1.82, 2.24) is 0 Å². The fourth-order valence-electron chi connectivity index (χ4n) is 2.14. The molecule has 110 valence electrons. The van der Waals surface area contributed by atoms with Crippen LogP contribution in [0.15, 0.2) is 42.5 Å². The Morgan fingerprint density at radius 2 is 1.67 bits per heavy atom. The molecule has 0 fully saturated rings. The zero-order valence-electron chi connectivity index (χ0n) is 12.0. The van der Waals surface area contributed by atoms with Crippen molar-refractivity contribution in [2.24, 2.45) is 0 Å². The molecular formula is C17H18O4. The average Bonchev–Trinajstić information content (AvgIpc) is 2.49. The number of ether oxygens (including phenoxy) is 2. The molecule has 0 spiro atoms. The number of hydrogen-bond acceptors (Lipinski definition) is 4. The summed E-state index contributed by atoms with van der Waals surface area (Å²) in [6.45, 7) is 0. The second-order valence-electron chi connectivity index (χ2n) is 4.49. The predicted octanol–water partition coefficient (Wildman–Crippen LogP) is 3.37. The van der Waals surface area contributed by atoms with Crippen LogP contribution in [0.1, 0.15) is 11.1 Å². The van der Waals surface area contributed by atoms with Gasteiger partial charge in [-0.25, -0.2) is 0 Å². The molecule has 2 aromatic carbocycles. The van der Waals surface area contributed by atoms with Gasteiger partial charge < -0.3 is 19.7 Å². The van der Waals surface area contributed by atoms with Crippen LogP contribution in [0.2, 0.25) is 0 Å². The lowest BCUT2D eigenvalue weighted by atomic mass is 10.1. The first-order valence-electron chi connectivity index (χ1n) is 6.54. The molecule has 21 heavy (non-hydrogen) atoms. The molecule has 0 bridgehead atoms. The lowest BCUT2D eigenvalue weighted by molar-refractivity contribution is 0.320. The maximum atomic E-state index is 10.0. The van der Waals surface area contributed by atoms with E-state index in [-0.39, 0.29) is 17.2 Å². The maximum absolute atomic E-state index is 10.0. The molecule has 0 aliphatic heterocycles. The SMILES string of the molecule is COc1c(O)cc(C/C=C/c2ccccc2)c(OC)c1O. The van der Waals surface area contributed by atoms with Gasteiger partial charge in [-0.15, -0.1) is 0 Å². The van der Waals surface area contributed by atoms with Gasteiger partial charge >= 0.3 is 0 Å². The van der Waals surface area contributed by atoms with E-state index in [2.05, 4.69) is 0 Å². The normalized spacial score (nSPS) is 10.8. The Bertz CT molecular complexity index is 633. The Hall–Kier alpha value is -2.62. The Labute approximate surface area is 123 Å². The van der Waals surface area contributed by atoms with E-state index in [1.54, 1.807) is 0 Å². The van der Waals surface area contributed by atoms with Crippen LogP contribution in [-0.2, 0) is 6.42 Å². The van der Waals surface area contributed by atoms with Gasteiger partial charge in [0.1, 0.15) is 0 Å². The molecule has 0 atom stereocenters. The molecule has 0 saturated heterocycles. The van der Waals surface area contributed by atoms with E-state index < -0.39 is 0 Å². The van der Waals surface area contributed by atoms with Crippen molar-refractivity contribution in [2.75, 3.05) is 14.2 Å². The topological polar surface area (TPSA) is 58.9 Å². The number of methoxy groups -OCH3 is 2. The minimum absolute atomic E-state index is 0.0163. The highest BCUT2D eigenvalue weighted by Gasteiger charge is 2.18. The molecule has 0 radical (unpaired) electrons. The van der Waals surface area contributed by atoms with E-state index in [1.165, 1.54) is 20.3 Å². The van der Waals surface area contributed by atoms with Crippen LogP contribution in [0.4, 0.5) is 0 Å². The first kappa shape index (κ1) is 14.8. The Balaban J connectivity index is 2.26. The van der Waals surface area contributed by atoms with Crippen LogP contribution in [-0.4, -0.2) is 24.4 Å². The van der Waals surface area contributed by atoms with E-state index in [0.29, 0.717) is 17.7 Å². The number of phenolic OH excluding ortho intramolecular Hbond substituents is 2. The lowest BCUT2D eigenvalue weighted by Gasteiger charge is -2.13. The molecule has 0 aliphatic rings. The van der Waals surface area contributed by atoms with Crippen molar-refractivity contribution in [3.05, 3.63) is 53.6 Å². The van der Waals surface area contributed by atoms with Gasteiger partial charge in [-0.1, -0.05) is 42.5 Å². The zero-order chi connectivity index (χ0) is 15.2. The average molecular weight is 286 g/mol. The minimum Gasteiger partial charge on any atom is -0.504 e. The van der Waals surface area contributed by atoms with E-state index in [1.807, 2.05) is 42.5 Å². The molecule has 0 unspecified atom stereocenters. The summed E-state index contributed by atoms with van der Waals surface area (Å²) in [5, 5.41) is 19.9. The highest BCUT2D eigenvalue weighted by Crippen LogP contribution is 2.45. The summed E-state index contributed by atoms with van der Waals surface area (Å²) in [4.78, 5) is 0. The van der Waals surface area contributed by atoms with E-state index in [4.69, 9.17) is 9.47 Å². The van der Waals surface area contributed by atoms with E-state index in [9.17, 15) is 10.2 Å². The molecule has 2 rings (SSSR count). The summed E-state index contributed by atoms with van der Waals surface area (Å²) in [6, 6.07) is 11.4. The number of hydrogen-bond donors (Lipinski definition) is 2. The monoisotopic (exact) mass is 286 g/mol. The smallest absolute Gasteiger partial charge is 0.206 e. The van der Waals surface area contributed by atoms with E-state index >= 15 is 0 Å². The van der Waals surface area contributed by atoms with Crippen LogP contribution < -0.4 is 9.47 Å². The third kappa shape index (κ3) is 3.28. The van der Waals surface area contributed by atoms with Gasteiger partial charge in [0.15, 0.2) is 11.5 Å². The van der Waals surface area contributed by atoms with Gasteiger partial charge in [0.2, 0.25) is 11.5 Å². The Morgan fingerprint density at radius 3 is 2.29 bits per heavy atom. The van der Waals surface area contributed by atoms with Crippen molar-refractivity contribution in [3.8, 4) is 23.0 Å². The summed E-state index contributed by atoms with van der Waals surface area (Å²) in [6.07, 6.45) is 4.43. The molecular weight excluding hydrogens is 268 g/mol. The van der Waals surface area contributed by atoms with Crippen LogP contribution >= 0.6 is 0 Å². The summed E-state index contributed by atoms with van der Waals surface area (Å²) in [5.41, 5.74) is 1.76. The lowest BCUT2D eigenvalue weighted by Crippen LogP contribution is -1.95. The van der Waals surface area contributed by atoms with Crippen molar-refractivity contribution in [2.45, 2.75) is 6.42 Å². The predicted molar refractivity (Wildman–Crippen MR) is 82.1 cm³/mol. The molecule has 4 nitrogen and oxygen atoms in total. The number of phenols is 2. The summed E-state index contributed by atoms with van der Waals surface area (Å²) >= 11 is 0. The van der Waals surface area contributed by atoms with Crippen LogP contribution in [0.3, 0.4) is 0 Å². The quantitative estimate of drug-likeness (QED) is 0.884. The number of benzene rings is 2. The van der Waals surface area contributed by atoms with Gasteiger partial charge in [-0.2, -0.15) is 0 Å².